The first kappa shape index (κ1) is 21.0. The van der Waals surface area contributed by atoms with E-state index in [-0.39, 0.29) is 11.7 Å². The summed E-state index contributed by atoms with van der Waals surface area (Å²) in [6.07, 6.45) is 7.97. The van der Waals surface area contributed by atoms with E-state index in [0.29, 0.717) is 5.69 Å². The van der Waals surface area contributed by atoms with Crippen molar-refractivity contribution in [3.8, 4) is 0 Å². The SMILES string of the molecule is CC(C)(C)OC(=O)NN(c1ccccc1[N+](=O)[O-])C1CCCCCCCC1. The fraction of sp³-hybridized carbons (Fsp3) is 0.650. The second-order valence-electron chi connectivity index (χ2n) is 8.08. The molecule has 0 bridgehead atoms. The number of para-hydroxylation sites is 2. The normalized spacial score (nSPS) is 16.6. The molecule has 0 aliphatic heterocycles. The molecule has 0 radical (unpaired) electrons. The van der Waals surface area contributed by atoms with E-state index >= 15 is 0 Å². The van der Waals surface area contributed by atoms with E-state index in [4.69, 9.17) is 4.74 Å². The monoisotopic (exact) mass is 377 g/mol. The molecule has 0 heterocycles. The highest BCUT2D eigenvalue weighted by atomic mass is 16.6. The van der Waals surface area contributed by atoms with Crippen LogP contribution in [0.5, 0.6) is 0 Å². The Morgan fingerprint density at radius 3 is 2.22 bits per heavy atom. The number of carbonyl (C=O) groups excluding carboxylic acids is 1. The number of hydrogen-bond acceptors (Lipinski definition) is 5. The van der Waals surface area contributed by atoms with Crippen molar-refractivity contribution in [2.24, 2.45) is 0 Å². The smallest absolute Gasteiger partial charge is 0.426 e. The van der Waals surface area contributed by atoms with Crippen LogP contribution in [0.3, 0.4) is 0 Å². The number of nitrogens with one attached hydrogen (secondary N) is 1. The van der Waals surface area contributed by atoms with Crippen LogP contribution in [-0.4, -0.2) is 22.7 Å². The molecule has 7 nitrogen and oxygen atoms in total. The molecule has 27 heavy (non-hydrogen) atoms. The van der Waals surface area contributed by atoms with Gasteiger partial charge in [-0.05, 0) is 39.7 Å². The van der Waals surface area contributed by atoms with Crippen LogP contribution in [-0.2, 0) is 4.74 Å². The summed E-state index contributed by atoms with van der Waals surface area (Å²) in [6.45, 7) is 5.38. The Labute approximate surface area is 161 Å². The van der Waals surface area contributed by atoms with Gasteiger partial charge in [-0.3, -0.25) is 15.1 Å². The molecule has 0 atom stereocenters. The molecular formula is C20H31N3O4. The summed E-state index contributed by atoms with van der Waals surface area (Å²) in [5, 5.41) is 13.2. The molecule has 1 N–H and O–H groups in total. The summed E-state index contributed by atoms with van der Waals surface area (Å²) >= 11 is 0. The molecule has 0 aromatic heterocycles. The van der Waals surface area contributed by atoms with Crippen molar-refractivity contribution >= 4 is 17.5 Å². The lowest BCUT2D eigenvalue weighted by molar-refractivity contribution is -0.384. The number of benzene rings is 1. The number of anilines is 1. The van der Waals surface area contributed by atoms with Crippen LogP contribution in [0.2, 0.25) is 0 Å². The van der Waals surface area contributed by atoms with Gasteiger partial charge in [0.05, 0.1) is 11.0 Å². The maximum Gasteiger partial charge on any atom is 0.426 e. The van der Waals surface area contributed by atoms with E-state index in [9.17, 15) is 14.9 Å². The number of nitro benzene ring substituents is 1. The predicted molar refractivity (Wildman–Crippen MR) is 106 cm³/mol. The highest BCUT2D eigenvalue weighted by Crippen LogP contribution is 2.31. The Kier molecular flexibility index (Phi) is 7.45. The zero-order valence-electron chi connectivity index (χ0n) is 16.6. The lowest BCUT2D eigenvalue weighted by Gasteiger charge is -2.34. The molecule has 2 rings (SSSR count). The summed E-state index contributed by atoms with van der Waals surface area (Å²) in [5.74, 6) is 0. The fourth-order valence-electron chi connectivity index (χ4n) is 3.44. The van der Waals surface area contributed by atoms with Crippen LogP contribution < -0.4 is 10.4 Å². The Balaban J connectivity index is 2.32. The molecule has 150 valence electrons. The van der Waals surface area contributed by atoms with Gasteiger partial charge in [0, 0.05) is 6.07 Å². The minimum absolute atomic E-state index is 0.00304. The topological polar surface area (TPSA) is 84.7 Å². The number of hydrogen-bond donors (Lipinski definition) is 1. The molecule has 1 aliphatic rings. The van der Waals surface area contributed by atoms with E-state index in [1.165, 1.54) is 18.9 Å². The second kappa shape index (κ2) is 9.58. The quantitative estimate of drug-likeness (QED) is 0.565. The third-order valence-electron chi connectivity index (χ3n) is 4.64. The minimum Gasteiger partial charge on any atom is -0.443 e. The highest BCUT2D eigenvalue weighted by Gasteiger charge is 2.28. The van der Waals surface area contributed by atoms with Crippen LogP contribution in [0.15, 0.2) is 24.3 Å². The van der Waals surface area contributed by atoms with Crippen LogP contribution in [0, 0.1) is 10.1 Å². The zero-order valence-corrected chi connectivity index (χ0v) is 16.6. The summed E-state index contributed by atoms with van der Waals surface area (Å²) in [6, 6.07) is 6.53. The number of hydrazine groups is 1. The van der Waals surface area contributed by atoms with Crippen molar-refractivity contribution in [3.05, 3.63) is 34.4 Å². The summed E-state index contributed by atoms with van der Waals surface area (Å²) in [4.78, 5) is 23.6. The van der Waals surface area contributed by atoms with Gasteiger partial charge in [0.15, 0.2) is 0 Å². The molecular weight excluding hydrogens is 346 g/mol. The maximum atomic E-state index is 12.4. The number of amides is 1. The third-order valence-corrected chi connectivity index (χ3v) is 4.64. The molecule has 1 aromatic carbocycles. The van der Waals surface area contributed by atoms with Crippen molar-refractivity contribution in [1.29, 1.82) is 0 Å². The van der Waals surface area contributed by atoms with Crippen molar-refractivity contribution in [1.82, 2.24) is 5.43 Å². The number of nitro groups is 1. The van der Waals surface area contributed by atoms with Crippen LogP contribution in [0.25, 0.3) is 0 Å². The number of nitrogens with zero attached hydrogens (tertiary/aromatic N) is 2. The van der Waals surface area contributed by atoms with Gasteiger partial charge in [-0.1, -0.05) is 50.7 Å². The first-order valence-electron chi connectivity index (χ1n) is 9.80. The molecule has 1 amide bonds. The fourth-order valence-corrected chi connectivity index (χ4v) is 3.44. The van der Waals surface area contributed by atoms with E-state index in [1.807, 2.05) is 0 Å². The van der Waals surface area contributed by atoms with Crippen LogP contribution >= 0.6 is 0 Å². The van der Waals surface area contributed by atoms with E-state index < -0.39 is 16.6 Å². The molecule has 0 spiro atoms. The van der Waals surface area contributed by atoms with Gasteiger partial charge in [0.1, 0.15) is 11.3 Å². The van der Waals surface area contributed by atoms with E-state index in [2.05, 4.69) is 5.43 Å². The molecule has 0 unspecified atom stereocenters. The molecule has 1 aromatic rings. The number of ether oxygens (including phenoxy) is 1. The van der Waals surface area contributed by atoms with Crippen LogP contribution in [0.1, 0.15) is 72.1 Å². The van der Waals surface area contributed by atoms with Crippen molar-refractivity contribution in [2.45, 2.75) is 83.8 Å². The summed E-state index contributed by atoms with van der Waals surface area (Å²) in [7, 11) is 0. The number of rotatable bonds is 4. The van der Waals surface area contributed by atoms with E-state index in [1.54, 1.807) is 44.0 Å². The molecule has 1 saturated carbocycles. The van der Waals surface area contributed by atoms with Gasteiger partial charge in [-0.2, -0.15) is 0 Å². The molecule has 0 saturated heterocycles. The van der Waals surface area contributed by atoms with Gasteiger partial charge in [0.25, 0.3) is 5.69 Å². The number of carbonyl (C=O) groups is 1. The second-order valence-corrected chi connectivity index (χ2v) is 8.08. The first-order valence-corrected chi connectivity index (χ1v) is 9.80. The zero-order chi connectivity index (χ0) is 19.9. The molecule has 7 heteroatoms. The van der Waals surface area contributed by atoms with Crippen molar-refractivity contribution < 1.29 is 14.5 Å². The molecule has 1 aliphatic carbocycles. The Bertz CT molecular complexity index is 632. The summed E-state index contributed by atoms with van der Waals surface area (Å²) < 4.78 is 5.40. The largest absolute Gasteiger partial charge is 0.443 e. The Morgan fingerprint density at radius 1 is 1.11 bits per heavy atom. The van der Waals surface area contributed by atoms with Crippen molar-refractivity contribution in [3.63, 3.8) is 0 Å². The third kappa shape index (κ3) is 6.73. The van der Waals surface area contributed by atoms with Gasteiger partial charge in [-0.15, -0.1) is 0 Å². The summed E-state index contributed by atoms with van der Waals surface area (Å²) in [5.41, 5.74) is 2.53. The van der Waals surface area contributed by atoms with Crippen molar-refractivity contribution in [2.75, 3.05) is 5.01 Å². The molecule has 1 fully saturated rings. The standard InChI is InChI=1S/C20H31N3O4/c1-20(2,3)27-19(24)21-22(16-12-8-6-4-5-7-9-13-16)17-14-10-11-15-18(17)23(25)26/h10-11,14-16H,4-9,12-13H2,1-3H3,(H,21,24). The average Bonchev–Trinajstić information content (AvgIpc) is 2.72. The predicted octanol–water partition coefficient (Wildman–Crippen LogP) is 5.34. The first-order chi connectivity index (χ1) is 12.8. The maximum absolute atomic E-state index is 12.4. The Morgan fingerprint density at radius 2 is 1.67 bits per heavy atom. The minimum atomic E-state index is -0.642. The van der Waals surface area contributed by atoms with Crippen LogP contribution in [0.4, 0.5) is 16.2 Å². The van der Waals surface area contributed by atoms with Gasteiger partial charge < -0.3 is 4.74 Å². The lowest BCUT2D eigenvalue weighted by Crippen LogP contribution is -2.50. The lowest BCUT2D eigenvalue weighted by atomic mass is 10.0. The van der Waals surface area contributed by atoms with E-state index in [0.717, 1.165) is 38.5 Å². The highest BCUT2D eigenvalue weighted by molar-refractivity contribution is 5.73. The Hall–Kier alpha value is -2.31. The van der Waals surface area contributed by atoms with Gasteiger partial charge in [-0.25, -0.2) is 10.2 Å². The van der Waals surface area contributed by atoms with Gasteiger partial charge in [0.2, 0.25) is 0 Å². The van der Waals surface area contributed by atoms with Gasteiger partial charge >= 0.3 is 6.09 Å². The average molecular weight is 377 g/mol.